The molecule has 0 saturated carbocycles. The van der Waals surface area contributed by atoms with Crippen LogP contribution in [0.25, 0.3) is 11.3 Å². The Morgan fingerprint density at radius 1 is 1.08 bits per heavy atom. The lowest BCUT2D eigenvalue weighted by Gasteiger charge is -2.35. The minimum atomic E-state index is -0.463. The fraction of sp³-hybridized carbons (Fsp3) is 0.370. The number of likely N-dealkylation sites (tertiary alicyclic amines) is 1. The lowest BCUT2D eigenvalue weighted by atomic mass is 10.0. The summed E-state index contributed by atoms with van der Waals surface area (Å²) >= 11 is 0. The number of hydrogen-bond acceptors (Lipinski definition) is 8. The molecule has 2 aromatic carbocycles. The first-order chi connectivity index (χ1) is 17.4. The van der Waals surface area contributed by atoms with E-state index in [-0.39, 0.29) is 11.5 Å². The Hall–Kier alpha value is -3.69. The van der Waals surface area contributed by atoms with Crippen molar-refractivity contribution in [1.82, 2.24) is 19.8 Å². The van der Waals surface area contributed by atoms with Crippen LogP contribution in [0.1, 0.15) is 28.9 Å². The smallest absolute Gasteiger partial charge is 0.278 e. The maximum atomic E-state index is 13.0. The summed E-state index contributed by atoms with van der Waals surface area (Å²) in [5, 5.41) is 2.80. The predicted molar refractivity (Wildman–Crippen MR) is 141 cm³/mol. The number of nitrogens with zero attached hydrogens (tertiary/aromatic N) is 4. The van der Waals surface area contributed by atoms with Crippen LogP contribution in [0.2, 0.25) is 0 Å². The highest BCUT2D eigenvalue weighted by Crippen LogP contribution is 2.27. The lowest BCUT2D eigenvalue weighted by Crippen LogP contribution is -2.41. The van der Waals surface area contributed by atoms with Gasteiger partial charge in [0.25, 0.3) is 5.91 Å². The van der Waals surface area contributed by atoms with Crippen molar-refractivity contribution in [1.29, 1.82) is 0 Å². The van der Waals surface area contributed by atoms with Crippen molar-refractivity contribution >= 4 is 17.4 Å². The van der Waals surface area contributed by atoms with Gasteiger partial charge in [-0.3, -0.25) is 9.69 Å². The third kappa shape index (κ3) is 6.10. The molecule has 1 fully saturated rings. The van der Waals surface area contributed by atoms with E-state index in [1.165, 1.54) is 18.4 Å². The molecule has 0 radical (unpaired) electrons. The summed E-state index contributed by atoms with van der Waals surface area (Å²) in [5.41, 5.74) is 9.25. The molecule has 0 atom stereocenters. The number of carbonyl (C=O) groups excluding carboxylic acids is 1. The second-order valence-corrected chi connectivity index (χ2v) is 9.21. The number of ether oxygens (including phenoxy) is 2. The van der Waals surface area contributed by atoms with Gasteiger partial charge in [-0.25, -0.2) is 9.97 Å². The molecule has 3 N–H and O–H groups in total. The van der Waals surface area contributed by atoms with E-state index in [0.717, 1.165) is 25.2 Å². The van der Waals surface area contributed by atoms with Crippen LogP contribution in [-0.4, -0.2) is 73.1 Å². The van der Waals surface area contributed by atoms with E-state index >= 15 is 0 Å². The SMILES string of the molecule is COc1cc(NC(=O)c2nc(-c3ccc(CN4CCC(N(C)C)CC4)cc3)cnc2N)cc(OC)c1. The van der Waals surface area contributed by atoms with Crippen molar-refractivity contribution in [3.63, 3.8) is 0 Å². The van der Waals surface area contributed by atoms with E-state index in [1.54, 1.807) is 38.6 Å². The van der Waals surface area contributed by atoms with E-state index in [0.29, 0.717) is 28.9 Å². The molecule has 9 nitrogen and oxygen atoms in total. The van der Waals surface area contributed by atoms with Crippen LogP contribution in [0.5, 0.6) is 11.5 Å². The molecular weight excluding hydrogens is 456 g/mol. The van der Waals surface area contributed by atoms with Gasteiger partial charge in [0, 0.05) is 42.0 Å². The van der Waals surface area contributed by atoms with Gasteiger partial charge < -0.3 is 25.4 Å². The van der Waals surface area contributed by atoms with Gasteiger partial charge in [0.15, 0.2) is 11.5 Å². The number of anilines is 2. The zero-order valence-corrected chi connectivity index (χ0v) is 21.3. The van der Waals surface area contributed by atoms with Crippen LogP contribution in [0.15, 0.2) is 48.7 Å². The molecule has 1 aliphatic rings. The Morgan fingerprint density at radius 2 is 1.72 bits per heavy atom. The molecule has 1 saturated heterocycles. The third-order valence-electron chi connectivity index (χ3n) is 6.57. The molecule has 0 aliphatic carbocycles. The van der Waals surface area contributed by atoms with Gasteiger partial charge >= 0.3 is 0 Å². The van der Waals surface area contributed by atoms with Gasteiger partial charge in [0.1, 0.15) is 11.5 Å². The Bertz CT molecular complexity index is 1170. The number of nitrogen functional groups attached to an aromatic ring is 1. The topological polar surface area (TPSA) is 106 Å². The number of hydrogen-bond donors (Lipinski definition) is 2. The number of nitrogens with two attached hydrogens (primary N) is 1. The molecule has 1 aliphatic heterocycles. The highest BCUT2D eigenvalue weighted by Gasteiger charge is 2.21. The summed E-state index contributed by atoms with van der Waals surface area (Å²) in [7, 11) is 7.41. The third-order valence-corrected chi connectivity index (χ3v) is 6.57. The molecule has 4 rings (SSSR count). The van der Waals surface area contributed by atoms with Gasteiger partial charge in [-0.05, 0) is 45.6 Å². The van der Waals surface area contributed by atoms with Crippen LogP contribution in [0.4, 0.5) is 11.5 Å². The van der Waals surface area contributed by atoms with Crippen molar-refractivity contribution in [2.75, 3.05) is 52.5 Å². The minimum Gasteiger partial charge on any atom is -0.497 e. The van der Waals surface area contributed by atoms with E-state index in [2.05, 4.69) is 51.3 Å². The van der Waals surface area contributed by atoms with Crippen molar-refractivity contribution in [2.24, 2.45) is 0 Å². The predicted octanol–water partition coefficient (Wildman–Crippen LogP) is 3.52. The second-order valence-electron chi connectivity index (χ2n) is 9.21. The molecule has 0 bridgehead atoms. The number of carbonyl (C=O) groups is 1. The van der Waals surface area contributed by atoms with E-state index in [1.807, 2.05) is 12.1 Å². The van der Waals surface area contributed by atoms with Crippen LogP contribution in [0.3, 0.4) is 0 Å². The summed E-state index contributed by atoms with van der Waals surface area (Å²) in [6, 6.07) is 14.0. The molecule has 0 spiro atoms. The molecular formula is C27H34N6O3. The van der Waals surface area contributed by atoms with Crippen LogP contribution in [-0.2, 0) is 6.54 Å². The Morgan fingerprint density at radius 3 is 2.31 bits per heavy atom. The first-order valence-corrected chi connectivity index (χ1v) is 12.0. The number of rotatable bonds is 8. The zero-order chi connectivity index (χ0) is 25.7. The largest absolute Gasteiger partial charge is 0.497 e. The molecule has 1 amide bonds. The molecule has 36 heavy (non-hydrogen) atoms. The first-order valence-electron chi connectivity index (χ1n) is 12.0. The van der Waals surface area contributed by atoms with E-state index in [4.69, 9.17) is 15.2 Å². The number of aromatic nitrogens is 2. The maximum Gasteiger partial charge on any atom is 0.278 e. The fourth-order valence-corrected chi connectivity index (χ4v) is 4.41. The Kier molecular flexibility index (Phi) is 8.02. The average molecular weight is 491 g/mol. The first kappa shape index (κ1) is 25.4. The quantitative estimate of drug-likeness (QED) is 0.494. The summed E-state index contributed by atoms with van der Waals surface area (Å²) in [5.74, 6) is 0.706. The highest BCUT2D eigenvalue weighted by atomic mass is 16.5. The second kappa shape index (κ2) is 11.4. The van der Waals surface area contributed by atoms with Crippen molar-refractivity contribution in [2.45, 2.75) is 25.4 Å². The monoisotopic (exact) mass is 490 g/mol. The normalized spacial score (nSPS) is 14.6. The van der Waals surface area contributed by atoms with Gasteiger partial charge in [0.05, 0.1) is 26.1 Å². The van der Waals surface area contributed by atoms with Crippen molar-refractivity contribution in [3.8, 4) is 22.8 Å². The van der Waals surface area contributed by atoms with Gasteiger partial charge in [-0.1, -0.05) is 24.3 Å². The average Bonchev–Trinajstić information content (AvgIpc) is 2.89. The summed E-state index contributed by atoms with van der Waals surface area (Å²) in [6.45, 7) is 3.13. The summed E-state index contributed by atoms with van der Waals surface area (Å²) < 4.78 is 10.5. The standard InChI is InChI=1S/C27H34N6O3/c1-32(2)21-9-11-33(12-10-21)17-18-5-7-19(8-6-18)24-16-29-26(28)25(31-24)27(34)30-20-13-22(35-3)15-23(14-20)36-4/h5-8,13-16,21H,9-12,17H2,1-4H3,(H2,28,29)(H,30,34). The van der Waals surface area contributed by atoms with Crippen LogP contribution >= 0.6 is 0 Å². The molecule has 9 heteroatoms. The van der Waals surface area contributed by atoms with Gasteiger partial charge in [0.2, 0.25) is 0 Å². The van der Waals surface area contributed by atoms with Gasteiger partial charge in [-0.15, -0.1) is 0 Å². The maximum absolute atomic E-state index is 13.0. The van der Waals surface area contributed by atoms with Crippen LogP contribution in [0, 0.1) is 0 Å². The summed E-state index contributed by atoms with van der Waals surface area (Å²) in [6.07, 6.45) is 3.97. The number of benzene rings is 2. The van der Waals surface area contributed by atoms with Crippen molar-refractivity contribution < 1.29 is 14.3 Å². The summed E-state index contributed by atoms with van der Waals surface area (Å²) in [4.78, 5) is 26.5. The van der Waals surface area contributed by atoms with Gasteiger partial charge in [-0.2, -0.15) is 0 Å². The van der Waals surface area contributed by atoms with E-state index < -0.39 is 5.91 Å². The molecule has 2 heterocycles. The fourth-order valence-electron chi connectivity index (χ4n) is 4.41. The van der Waals surface area contributed by atoms with E-state index in [9.17, 15) is 4.79 Å². The Labute approximate surface area is 212 Å². The molecule has 3 aromatic rings. The molecule has 190 valence electrons. The highest BCUT2D eigenvalue weighted by molar-refractivity contribution is 6.06. The lowest BCUT2D eigenvalue weighted by molar-refractivity contribution is 0.102. The number of amides is 1. The molecule has 1 aromatic heterocycles. The number of nitrogens with one attached hydrogen (secondary N) is 1. The van der Waals surface area contributed by atoms with Crippen LogP contribution < -0.4 is 20.5 Å². The number of piperidine rings is 1. The zero-order valence-electron chi connectivity index (χ0n) is 21.3. The minimum absolute atomic E-state index is 0.0575. The number of methoxy groups -OCH3 is 2. The Balaban J connectivity index is 1.45. The van der Waals surface area contributed by atoms with Crippen molar-refractivity contribution in [3.05, 3.63) is 59.9 Å². The molecule has 0 unspecified atom stereocenters.